The van der Waals surface area contributed by atoms with Crippen molar-refractivity contribution in [1.82, 2.24) is 15.3 Å². The van der Waals surface area contributed by atoms with Gasteiger partial charge in [0.15, 0.2) is 0 Å². The Morgan fingerprint density at radius 3 is 2.65 bits per heavy atom. The summed E-state index contributed by atoms with van der Waals surface area (Å²) in [6, 6.07) is 6.40. The molecular weight excluding hydrogens is 258 g/mol. The molecule has 1 aromatic carbocycles. The lowest BCUT2D eigenvalue weighted by Gasteiger charge is -2.34. The van der Waals surface area contributed by atoms with Gasteiger partial charge in [0.05, 0.1) is 7.11 Å². The van der Waals surface area contributed by atoms with Crippen LogP contribution in [0.3, 0.4) is 0 Å². The van der Waals surface area contributed by atoms with E-state index in [0.717, 1.165) is 26.2 Å². The van der Waals surface area contributed by atoms with Gasteiger partial charge < -0.3 is 14.7 Å². The van der Waals surface area contributed by atoms with Gasteiger partial charge in [0, 0.05) is 26.2 Å². The number of hydrogen-bond acceptors (Lipinski definition) is 5. The number of carboxylic acid groups (broad SMARTS) is 1. The van der Waals surface area contributed by atoms with Gasteiger partial charge >= 0.3 is 5.97 Å². The molecule has 6 nitrogen and oxygen atoms in total. The van der Waals surface area contributed by atoms with Crippen LogP contribution in [0.5, 0.6) is 5.75 Å². The molecule has 1 unspecified atom stereocenters. The van der Waals surface area contributed by atoms with E-state index in [-0.39, 0.29) is 0 Å². The SMILES string of the molecule is COc1cccc(C(NN2CCN(C)CC2)C(=O)O)c1. The molecule has 0 aliphatic carbocycles. The van der Waals surface area contributed by atoms with Crippen LogP contribution < -0.4 is 10.2 Å². The van der Waals surface area contributed by atoms with Crippen molar-refractivity contribution < 1.29 is 14.6 Å². The van der Waals surface area contributed by atoms with Crippen LogP contribution in [0.1, 0.15) is 11.6 Å². The highest BCUT2D eigenvalue weighted by atomic mass is 16.5. The van der Waals surface area contributed by atoms with Gasteiger partial charge in [-0.15, -0.1) is 0 Å². The third-order valence-corrected chi connectivity index (χ3v) is 3.49. The first-order valence-corrected chi connectivity index (χ1v) is 6.66. The van der Waals surface area contributed by atoms with Crippen LogP contribution in [0.4, 0.5) is 0 Å². The Kier molecular flexibility index (Phi) is 4.94. The molecule has 1 aliphatic heterocycles. The van der Waals surface area contributed by atoms with Crippen LogP contribution >= 0.6 is 0 Å². The fourth-order valence-corrected chi connectivity index (χ4v) is 2.21. The molecule has 6 heteroatoms. The lowest BCUT2D eigenvalue weighted by atomic mass is 10.1. The zero-order valence-electron chi connectivity index (χ0n) is 11.9. The molecule has 20 heavy (non-hydrogen) atoms. The molecule has 1 atom stereocenters. The number of aliphatic carboxylic acids is 1. The minimum absolute atomic E-state index is 0.661. The van der Waals surface area contributed by atoms with Crippen LogP contribution in [0.25, 0.3) is 0 Å². The van der Waals surface area contributed by atoms with E-state index < -0.39 is 12.0 Å². The number of rotatable bonds is 5. The predicted octanol–water partition coefficient (Wildman–Crippen LogP) is 0.573. The van der Waals surface area contributed by atoms with Crippen LogP contribution in [-0.4, -0.2) is 61.3 Å². The number of methoxy groups -OCH3 is 1. The van der Waals surface area contributed by atoms with E-state index in [9.17, 15) is 9.90 Å². The summed E-state index contributed by atoms with van der Waals surface area (Å²) in [4.78, 5) is 13.7. The number of nitrogens with one attached hydrogen (secondary N) is 1. The number of nitrogens with zero attached hydrogens (tertiary/aromatic N) is 2. The summed E-state index contributed by atoms with van der Waals surface area (Å²) in [7, 11) is 3.64. The molecule has 0 spiro atoms. The molecule has 1 heterocycles. The number of benzene rings is 1. The van der Waals surface area contributed by atoms with Gasteiger partial charge in [0.1, 0.15) is 11.8 Å². The first-order chi connectivity index (χ1) is 9.60. The topological polar surface area (TPSA) is 65.0 Å². The molecule has 110 valence electrons. The number of carboxylic acids is 1. The maximum Gasteiger partial charge on any atom is 0.326 e. The molecule has 1 aromatic rings. The number of ether oxygens (including phenoxy) is 1. The molecule has 0 amide bonds. The van der Waals surface area contributed by atoms with Gasteiger partial charge in [-0.2, -0.15) is 0 Å². The molecule has 0 radical (unpaired) electrons. The normalized spacial score (nSPS) is 18.7. The third kappa shape index (κ3) is 3.69. The van der Waals surface area contributed by atoms with Crippen molar-refractivity contribution in [1.29, 1.82) is 0 Å². The maximum absolute atomic E-state index is 11.5. The molecular formula is C14H21N3O3. The summed E-state index contributed by atoms with van der Waals surface area (Å²) < 4.78 is 5.15. The van der Waals surface area contributed by atoms with Gasteiger partial charge in [-0.3, -0.25) is 4.79 Å². The van der Waals surface area contributed by atoms with Crippen molar-refractivity contribution in [3.05, 3.63) is 29.8 Å². The predicted molar refractivity (Wildman–Crippen MR) is 75.6 cm³/mol. The van der Waals surface area contributed by atoms with E-state index in [2.05, 4.69) is 17.4 Å². The van der Waals surface area contributed by atoms with Crippen molar-refractivity contribution in [2.24, 2.45) is 0 Å². The van der Waals surface area contributed by atoms with E-state index in [0.29, 0.717) is 11.3 Å². The minimum Gasteiger partial charge on any atom is -0.497 e. The van der Waals surface area contributed by atoms with Crippen LogP contribution in [0, 0.1) is 0 Å². The van der Waals surface area contributed by atoms with Crippen molar-refractivity contribution in [2.75, 3.05) is 40.3 Å². The van der Waals surface area contributed by atoms with Crippen molar-refractivity contribution in [3.8, 4) is 5.75 Å². The number of piperazine rings is 1. The minimum atomic E-state index is -0.891. The van der Waals surface area contributed by atoms with Crippen LogP contribution in [-0.2, 0) is 4.79 Å². The number of hydrazine groups is 1. The van der Waals surface area contributed by atoms with E-state index in [1.165, 1.54) is 0 Å². The Hall–Kier alpha value is -1.63. The van der Waals surface area contributed by atoms with Gasteiger partial charge in [-0.25, -0.2) is 10.4 Å². The van der Waals surface area contributed by atoms with Crippen LogP contribution in [0.15, 0.2) is 24.3 Å². The zero-order valence-corrected chi connectivity index (χ0v) is 11.9. The second kappa shape index (κ2) is 6.69. The number of likely N-dealkylation sites (N-methyl/N-ethyl adjacent to an activating group) is 1. The Morgan fingerprint density at radius 2 is 2.05 bits per heavy atom. The summed E-state index contributed by atoms with van der Waals surface area (Å²) in [5, 5.41) is 11.4. The molecule has 0 bridgehead atoms. The Labute approximate surface area is 118 Å². The summed E-state index contributed by atoms with van der Waals surface area (Å²) >= 11 is 0. The average Bonchev–Trinajstić information content (AvgIpc) is 2.46. The Balaban J connectivity index is 2.08. The summed E-state index contributed by atoms with van der Waals surface area (Å²) in [5.41, 5.74) is 3.79. The van der Waals surface area contributed by atoms with Crippen LogP contribution in [0.2, 0.25) is 0 Å². The quantitative estimate of drug-likeness (QED) is 0.821. The standard InChI is InChI=1S/C14H21N3O3/c1-16-6-8-17(9-7-16)15-13(14(18)19)11-4-3-5-12(10-11)20-2/h3-5,10,13,15H,6-9H2,1-2H3,(H,18,19). The Morgan fingerprint density at radius 1 is 1.35 bits per heavy atom. The first kappa shape index (κ1) is 14.8. The molecule has 0 aromatic heterocycles. The smallest absolute Gasteiger partial charge is 0.326 e. The van der Waals surface area contributed by atoms with Crippen molar-refractivity contribution in [2.45, 2.75) is 6.04 Å². The highest BCUT2D eigenvalue weighted by Gasteiger charge is 2.24. The first-order valence-electron chi connectivity index (χ1n) is 6.66. The largest absolute Gasteiger partial charge is 0.497 e. The average molecular weight is 279 g/mol. The van der Waals surface area contributed by atoms with Gasteiger partial charge in [0.2, 0.25) is 0 Å². The lowest BCUT2D eigenvalue weighted by molar-refractivity contribution is -0.141. The van der Waals surface area contributed by atoms with E-state index >= 15 is 0 Å². The molecule has 1 aliphatic rings. The highest BCUT2D eigenvalue weighted by Crippen LogP contribution is 2.20. The fraction of sp³-hybridized carbons (Fsp3) is 0.500. The van der Waals surface area contributed by atoms with Gasteiger partial charge in [0.25, 0.3) is 0 Å². The summed E-state index contributed by atoms with van der Waals surface area (Å²) in [6.45, 7) is 3.48. The van der Waals surface area contributed by atoms with E-state index in [4.69, 9.17) is 4.74 Å². The second-order valence-electron chi connectivity index (χ2n) is 4.97. The number of hydrogen-bond donors (Lipinski definition) is 2. The van der Waals surface area contributed by atoms with Crippen molar-refractivity contribution in [3.63, 3.8) is 0 Å². The van der Waals surface area contributed by atoms with Crippen molar-refractivity contribution >= 4 is 5.97 Å². The molecule has 2 N–H and O–H groups in total. The van der Waals surface area contributed by atoms with Gasteiger partial charge in [-0.1, -0.05) is 12.1 Å². The van der Waals surface area contributed by atoms with E-state index in [1.54, 1.807) is 31.4 Å². The third-order valence-electron chi connectivity index (χ3n) is 3.49. The molecule has 1 saturated heterocycles. The maximum atomic E-state index is 11.5. The monoisotopic (exact) mass is 279 g/mol. The lowest BCUT2D eigenvalue weighted by Crippen LogP contribution is -2.52. The summed E-state index contributed by atoms with van der Waals surface area (Å²) in [5.74, 6) is -0.230. The Bertz CT molecular complexity index is 459. The molecule has 0 saturated carbocycles. The zero-order chi connectivity index (χ0) is 14.5. The molecule has 1 fully saturated rings. The fourth-order valence-electron chi connectivity index (χ4n) is 2.21. The second-order valence-corrected chi connectivity index (χ2v) is 4.97. The summed E-state index contributed by atoms with van der Waals surface area (Å²) in [6.07, 6.45) is 0. The number of carbonyl (C=O) groups is 1. The van der Waals surface area contributed by atoms with E-state index in [1.807, 2.05) is 5.01 Å². The van der Waals surface area contributed by atoms with Gasteiger partial charge in [-0.05, 0) is 24.7 Å². The highest BCUT2D eigenvalue weighted by molar-refractivity contribution is 5.75. The molecule has 2 rings (SSSR count).